The van der Waals surface area contributed by atoms with Crippen LogP contribution < -0.4 is 0 Å². The number of likely N-dealkylation sites (N-methyl/N-ethyl adjacent to an activating group) is 1. The van der Waals surface area contributed by atoms with Crippen LogP contribution in [0.3, 0.4) is 0 Å². The Hall–Kier alpha value is -2.35. The molecule has 4 nitrogen and oxygen atoms in total. The lowest BCUT2D eigenvalue weighted by molar-refractivity contribution is -0.00311. The third kappa shape index (κ3) is 4.68. The quantitative estimate of drug-likeness (QED) is 0.738. The molecule has 1 amide bonds. The van der Waals surface area contributed by atoms with Crippen LogP contribution in [0, 0.1) is 11.3 Å². The molecule has 1 heterocycles. The Morgan fingerprint density at radius 2 is 1.96 bits per heavy atom. The molecule has 0 aromatic heterocycles. The lowest BCUT2D eigenvalue weighted by atomic mass is 10.0. The van der Waals surface area contributed by atoms with Crippen LogP contribution in [-0.4, -0.2) is 36.6 Å². The molecule has 2 aromatic carbocycles. The molecule has 0 aliphatic carbocycles. The predicted octanol–water partition coefficient (Wildman–Crippen LogP) is 4.91. The van der Waals surface area contributed by atoms with E-state index in [1.165, 1.54) is 0 Å². The zero-order chi connectivity index (χ0) is 19.2. The molecule has 3 rings (SSSR count). The molecule has 1 aliphatic heterocycles. The number of halogens is 1. The summed E-state index contributed by atoms with van der Waals surface area (Å²) in [5.74, 6) is 0.0242. The smallest absolute Gasteiger partial charge is 0.253 e. The number of nitrogens with zero attached hydrogens (tertiary/aromatic N) is 2. The summed E-state index contributed by atoms with van der Waals surface area (Å²) in [5, 5.41) is 9.42. The average molecular weight is 383 g/mol. The van der Waals surface area contributed by atoms with Gasteiger partial charge < -0.3 is 9.64 Å². The van der Waals surface area contributed by atoms with Crippen molar-refractivity contribution in [2.24, 2.45) is 0 Å². The van der Waals surface area contributed by atoms with Gasteiger partial charge in [0.2, 0.25) is 0 Å². The van der Waals surface area contributed by atoms with E-state index in [1.807, 2.05) is 42.2 Å². The van der Waals surface area contributed by atoms with Crippen molar-refractivity contribution >= 4 is 17.5 Å². The van der Waals surface area contributed by atoms with Crippen molar-refractivity contribution in [3.8, 4) is 17.2 Å². The minimum Gasteiger partial charge on any atom is -0.376 e. The zero-order valence-electron chi connectivity index (χ0n) is 15.5. The van der Waals surface area contributed by atoms with Crippen LogP contribution in [0.5, 0.6) is 0 Å². The first-order valence-corrected chi connectivity index (χ1v) is 9.71. The number of rotatable bonds is 5. The molecule has 27 heavy (non-hydrogen) atoms. The molecule has 0 spiro atoms. The van der Waals surface area contributed by atoms with Gasteiger partial charge in [0.05, 0.1) is 16.7 Å². The van der Waals surface area contributed by atoms with E-state index in [-0.39, 0.29) is 12.0 Å². The fourth-order valence-corrected chi connectivity index (χ4v) is 3.55. The highest BCUT2D eigenvalue weighted by molar-refractivity contribution is 6.32. The molecular weight excluding hydrogens is 360 g/mol. The van der Waals surface area contributed by atoms with Gasteiger partial charge in [-0.15, -0.1) is 0 Å². The number of carbonyl (C=O) groups excluding carboxylic acids is 1. The fraction of sp³-hybridized carbons (Fsp3) is 0.364. The second-order valence-corrected chi connectivity index (χ2v) is 7.12. The van der Waals surface area contributed by atoms with E-state index in [9.17, 15) is 4.79 Å². The van der Waals surface area contributed by atoms with Gasteiger partial charge in [0, 0.05) is 25.3 Å². The van der Waals surface area contributed by atoms with E-state index >= 15 is 0 Å². The molecule has 1 aliphatic rings. The monoisotopic (exact) mass is 382 g/mol. The van der Waals surface area contributed by atoms with Gasteiger partial charge in [0.15, 0.2) is 0 Å². The second-order valence-electron chi connectivity index (χ2n) is 6.72. The largest absolute Gasteiger partial charge is 0.376 e. The van der Waals surface area contributed by atoms with Gasteiger partial charge in [-0.3, -0.25) is 4.79 Å². The van der Waals surface area contributed by atoms with Gasteiger partial charge >= 0.3 is 0 Å². The highest BCUT2D eigenvalue weighted by atomic mass is 35.5. The van der Waals surface area contributed by atoms with E-state index in [1.54, 1.807) is 12.1 Å². The molecular formula is C22H23ClN2O2. The molecule has 1 saturated heterocycles. The van der Waals surface area contributed by atoms with Crippen molar-refractivity contribution in [1.29, 1.82) is 5.26 Å². The number of hydrogen-bond acceptors (Lipinski definition) is 3. The van der Waals surface area contributed by atoms with Crippen LogP contribution in [0.2, 0.25) is 5.02 Å². The first-order valence-electron chi connectivity index (χ1n) is 9.33. The standard InChI is InChI=1S/C22H23ClN2O2/c1-2-25(15-20-5-3-4-12-27-20)22(26)17-8-6-16(7-9-17)18-10-11-19(14-24)21(23)13-18/h6-11,13,20H,2-5,12,15H2,1H3/t20-/m1/s1. The van der Waals surface area contributed by atoms with E-state index in [4.69, 9.17) is 21.6 Å². The summed E-state index contributed by atoms with van der Waals surface area (Å²) in [5.41, 5.74) is 2.99. The molecule has 0 unspecified atom stereocenters. The van der Waals surface area contributed by atoms with Crippen molar-refractivity contribution in [1.82, 2.24) is 4.90 Å². The van der Waals surface area contributed by atoms with Gasteiger partial charge in [-0.2, -0.15) is 5.26 Å². The number of ether oxygens (including phenoxy) is 1. The minimum atomic E-state index is 0.0242. The SMILES string of the molecule is CCN(C[C@H]1CCCCO1)C(=O)c1ccc(-c2ccc(C#N)c(Cl)c2)cc1. The number of amides is 1. The Labute approximate surface area is 165 Å². The molecule has 5 heteroatoms. The predicted molar refractivity (Wildman–Crippen MR) is 107 cm³/mol. The average Bonchev–Trinajstić information content (AvgIpc) is 2.72. The van der Waals surface area contributed by atoms with E-state index in [0.29, 0.717) is 29.2 Å². The summed E-state index contributed by atoms with van der Waals surface area (Å²) in [6.45, 7) is 4.08. The first kappa shape index (κ1) is 19.4. The molecule has 1 atom stereocenters. The van der Waals surface area contributed by atoms with Gasteiger partial charge in [-0.25, -0.2) is 0 Å². The molecule has 0 N–H and O–H groups in total. The Morgan fingerprint density at radius 3 is 2.56 bits per heavy atom. The third-order valence-electron chi connectivity index (χ3n) is 4.92. The molecule has 0 saturated carbocycles. The number of hydrogen-bond donors (Lipinski definition) is 0. The highest BCUT2D eigenvalue weighted by Crippen LogP contribution is 2.26. The van der Waals surface area contributed by atoms with Crippen molar-refractivity contribution in [3.63, 3.8) is 0 Å². The Bertz CT molecular complexity index is 836. The summed E-state index contributed by atoms with van der Waals surface area (Å²) in [6.07, 6.45) is 3.43. The lowest BCUT2D eigenvalue weighted by Gasteiger charge is -2.29. The van der Waals surface area contributed by atoms with Crippen molar-refractivity contribution in [2.45, 2.75) is 32.3 Å². The minimum absolute atomic E-state index is 0.0242. The molecule has 2 aromatic rings. The van der Waals surface area contributed by atoms with Crippen LogP contribution in [0.4, 0.5) is 0 Å². The second kappa shape index (κ2) is 9.03. The van der Waals surface area contributed by atoms with E-state index in [2.05, 4.69) is 6.07 Å². The topological polar surface area (TPSA) is 53.3 Å². The molecule has 0 radical (unpaired) electrons. The number of benzene rings is 2. The third-order valence-corrected chi connectivity index (χ3v) is 5.23. The van der Waals surface area contributed by atoms with Crippen LogP contribution in [0.25, 0.3) is 11.1 Å². The first-order chi connectivity index (χ1) is 13.1. The summed E-state index contributed by atoms with van der Waals surface area (Å²) < 4.78 is 5.77. The zero-order valence-corrected chi connectivity index (χ0v) is 16.2. The Kier molecular flexibility index (Phi) is 6.49. The van der Waals surface area contributed by atoms with Crippen LogP contribution >= 0.6 is 11.6 Å². The van der Waals surface area contributed by atoms with Crippen LogP contribution in [0.15, 0.2) is 42.5 Å². The van der Waals surface area contributed by atoms with Crippen molar-refractivity contribution < 1.29 is 9.53 Å². The van der Waals surface area contributed by atoms with Crippen molar-refractivity contribution in [3.05, 3.63) is 58.6 Å². The number of nitriles is 1. The van der Waals surface area contributed by atoms with Gasteiger partial charge in [-0.05, 0) is 61.6 Å². The Morgan fingerprint density at radius 1 is 1.22 bits per heavy atom. The van der Waals surface area contributed by atoms with Gasteiger partial charge in [0.1, 0.15) is 6.07 Å². The normalized spacial score (nSPS) is 16.6. The summed E-state index contributed by atoms with van der Waals surface area (Å²) >= 11 is 6.12. The molecule has 1 fully saturated rings. The van der Waals surface area contributed by atoms with Crippen LogP contribution in [0.1, 0.15) is 42.1 Å². The van der Waals surface area contributed by atoms with Gasteiger partial charge in [-0.1, -0.05) is 29.8 Å². The maximum Gasteiger partial charge on any atom is 0.253 e. The lowest BCUT2D eigenvalue weighted by Crippen LogP contribution is -2.39. The van der Waals surface area contributed by atoms with E-state index < -0.39 is 0 Å². The summed E-state index contributed by atoms with van der Waals surface area (Å²) in [7, 11) is 0. The fourth-order valence-electron chi connectivity index (χ4n) is 3.33. The molecule has 140 valence electrons. The summed E-state index contributed by atoms with van der Waals surface area (Å²) in [6, 6.07) is 14.9. The maximum absolute atomic E-state index is 12.8. The number of carbonyl (C=O) groups is 1. The van der Waals surface area contributed by atoms with Gasteiger partial charge in [0.25, 0.3) is 5.91 Å². The highest BCUT2D eigenvalue weighted by Gasteiger charge is 2.21. The van der Waals surface area contributed by atoms with E-state index in [0.717, 1.165) is 37.0 Å². The maximum atomic E-state index is 12.8. The summed E-state index contributed by atoms with van der Waals surface area (Å²) in [4.78, 5) is 14.7. The Balaban J connectivity index is 1.72. The molecule has 0 bridgehead atoms. The van der Waals surface area contributed by atoms with Crippen LogP contribution in [-0.2, 0) is 4.74 Å². The van der Waals surface area contributed by atoms with Crippen molar-refractivity contribution in [2.75, 3.05) is 19.7 Å².